The Kier molecular flexibility index (Phi) is 2.68. The van der Waals surface area contributed by atoms with E-state index in [0.29, 0.717) is 12.0 Å². The normalized spacial score (nSPS) is 27.3. The molecule has 0 radical (unpaired) electrons. The number of β-lactam (4-membered cyclic amide) rings is 1. The molecule has 3 rings (SSSR count). The number of carbonyl (C=O) groups excluding carboxylic acids is 1. The van der Waals surface area contributed by atoms with Crippen LogP contribution in [0.15, 0.2) is 17.4 Å². The van der Waals surface area contributed by atoms with Gasteiger partial charge in [0.25, 0.3) is 0 Å². The van der Waals surface area contributed by atoms with E-state index in [2.05, 4.69) is 4.98 Å². The molecule has 1 fully saturated rings. The second kappa shape index (κ2) is 4.14. The van der Waals surface area contributed by atoms with Crippen LogP contribution in [-0.4, -0.2) is 44.1 Å². The van der Waals surface area contributed by atoms with E-state index in [-0.39, 0.29) is 17.6 Å². The van der Waals surface area contributed by atoms with Gasteiger partial charge in [-0.25, -0.2) is 4.79 Å². The van der Waals surface area contributed by atoms with E-state index < -0.39 is 18.0 Å². The van der Waals surface area contributed by atoms with Crippen molar-refractivity contribution in [1.29, 1.82) is 0 Å². The van der Waals surface area contributed by atoms with E-state index in [1.165, 1.54) is 16.2 Å². The molecule has 0 spiro atoms. The fourth-order valence-corrected chi connectivity index (χ4v) is 3.53. The number of fused-ring (bicyclic) bond motifs is 1. The SMILES string of the molecule is C[C@@H](O)[C@H]1C(=O)N2C(C(=O)O)=C(c3cncs3)C[C@H]12. The van der Waals surface area contributed by atoms with Crippen LogP contribution in [0.1, 0.15) is 18.2 Å². The van der Waals surface area contributed by atoms with Crippen molar-refractivity contribution < 1.29 is 19.8 Å². The minimum Gasteiger partial charge on any atom is -0.477 e. The molecule has 3 atom stereocenters. The molecule has 1 amide bonds. The highest BCUT2D eigenvalue weighted by molar-refractivity contribution is 7.10. The zero-order chi connectivity index (χ0) is 13.7. The lowest BCUT2D eigenvalue weighted by atomic mass is 9.83. The monoisotopic (exact) mass is 280 g/mol. The maximum absolute atomic E-state index is 12.0. The number of carboxylic acids is 1. The zero-order valence-electron chi connectivity index (χ0n) is 10.1. The highest BCUT2D eigenvalue weighted by atomic mass is 32.1. The maximum Gasteiger partial charge on any atom is 0.352 e. The summed E-state index contributed by atoms with van der Waals surface area (Å²) in [6.07, 6.45) is 1.31. The molecule has 3 heterocycles. The molecular weight excluding hydrogens is 268 g/mol. The van der Waals surface area contributed by atoms with E-state index in [1.807, 2.05) is 0 Å². The smallest absolute Gasteiger partial charge is 0.352 e. The number of hydrogen-bond donors (Lipinski definition) is 2. The van der Waals surface area contributed by atoms with E-state index in [0.717, 1.165) is 4.88 Å². The summed E-state index contributed by atoms with van der Waals surface area (Å²) >= 11 is 1.35. The molecule has 1 aromatic heterocycles. The van der Waals surface area contributed by atoms with Crippen LogP contribution in [0.2, 0.25) is 0 Å². The first-order valence-electron chi connectivity index (χ1n) is 5.88. The number of hydrogen-bond acceptors (Lipinski definition) is 5. The summed E-state index contributed by atoms with van der Waals surface area (Å²) in [5.74, 6) is -1.92. The molecule has 2 N–H and O–H groups in total. The van der Waals surface area contributed by atoms with Crippen molar-refractivity contribution in [1.82, 2.24) is 9.88 Å². The highest BCUT2D eigenvalue weighted by Gasteiger charge is 2.56. The fourth-order valence-electron chi connectivity index (χ4n) is 2.85. The van der Waals surface area contributed by atoms with Gasteiger partial charge in [0.1, 0.15) is 5.70 Å². The number of aliphatic carboxylic acids is 1. The molecule has 0 bridgehead atoms. The summed E-state index contributed by atoms with van der Waals surface area (Å²) < 4.78 is 0. The van der Waals surface area contributed by atoms with Crippen molar-refractivity contribution >= 4 is 28.8 Å². The van der Waals surface area contributed by atoms with Gasteiger partial charge in [-0.2, -0.15) is 0 Å². The number of aliphatic hydroxyl groups excluding tert-OH is 1. The summed E-state index contributed by atoms with van der Waals surface area (Å²) in [5, 5.41) is 18.9. The fraction of sp³-hybridized carbons (Fsp3) is 0.417. The first-order valence-corrected chi connectivity index (χ1v) is 6.76. The third-order valence-electron chi connectivity index (χ3n) is 3.66. The molecule has 7 heteroatoms. The Morgan fingerprint density at radius 3 is 2.89 bits per heavy atom. The average Bonchev–Trinajstić information content (AvgIpc) is 2.92. The predicted octanol–water partition coefficient (Wildman–Crippen LogP) is 0.550. The van der Waals surface area contributed by atoms with Crippen molar-refractivity contribution in [3.05, 3.63) is 22.3 Å². The topological polar surface area (TPSA) is 90.7 Å². The van der Waals surface area contributed by atoms with Crippen LogP contribution in [-0.2, 0) is 9.59 Å². The van der Waals surface area contributed by atoms with E-state index in [1.54, 1.807) is 18.6 Å². The Bertz CT molecular complexity index is 579. The van der Waals surface area contributed by atoms with Crippen molar-refractivity contribution in [3.63, 3.8) is 0 Å². The lowest BCUT2D eigenvalue weighted by molar-refractivity contribution is -0.161. The van der Waals surface area contributed by atoms with E-state index in [4.69, 9.17) is 0 Å². The van der Waals surface area contributed by atoms with Crippen LogP contribution < -0.4 is 0 Å². The molecule has 6 nitrogen and oxygen atoms in total. The third kappa shape index (κ3) is 1.62. The quantitative estimate of drug-likeness (QED) is 0.789. The molecule has 0 aromatic carbocycles. The number of aromatic nitrogens is 1. The van der Waals surface area contributed by atoms with Gasteiger partial charge in [0.05, 0.1) is 28.5 Å². The van der Waals surface area contributed by atoms with Crippen molar-refractivity contribution in [2.75, 3.05) is 0 Å². The number of aliphatic hydroxyl groups is 1. The summed E-state index contributed by atoms with van der Waals surface area (Å²) in [7, 11) is 0. The number of carboxylic acid groups (broad SMARTS) is 1. The molecule has 100 valence electrons. The predicted molar refractivity (Wildman–Crippen MR) is 67.1 cm³/mol. The van der Waals surface area contributed by atoms with Gasteiger partial charge in [0.2, 0.25) is 5.91 Å². The van der Waals surface area contributed by atoms with E-state index >= 15 is 0 Å². The Morgan fingerprint density at radius 1 is 1.63 bits per heavy atom. The lowest BCUT2D eigenvalue weighted by Gasteiger charge is -2.44. The van der Waals surface area contributed by atoms with Gasteiger partial charge in [-0.3, -0.25) is 9.78 Å². The van der Waals surface area contributed by atoms with Crippen LogP contribution in [0.4, 0.5) is 0 Å². The number of amides is 1. The zero-order valence-corrected chi connectivity index (χ0v) is 10.9. The molecule has 1 aromatic rings. The second-order valence-electron chi connectivity index (χ2n) is 4.74. The summed E-state index contributed by atoms with van der Waals surface area (Å²) in [6, 6.07) is -0.240. The van der Waals surface area contributed by atoms with Crippen LogP contribution in [0.25, 0.3) is 5.57 Å². The summed E-state index contributed by atoms with van der Waals surface area (Å²) in [5.41, 5.74) is 2.30. The van der Waals surface area contributed by atoms with E-state index in [9.17, 15) is 19.8 Å². The van der Waals surface area contributed by atoms with Crippen molar-refractivity contribution in [2.24, 2.45) is 5.92 Å². The molecular formula is C12H12N2O4S. The average molecular weight is 280 g/mol. The standard InChI is InChI=1S/C12H12N2O4S/c1-5(15)9-7-2-6(8-3-13-4-19-8)10(12(17)18)14(7)11(9)16/h3-5,7,9,15H,2H2,1H3,(H,17,18)/t5-,7-,9-/m1/s1. The third-order valence-corrected chi connectivity index (χ3v) is 4.49. The number of nitrogens with zero attached hydrogens (tertiary/aromatic N) is 2. The summed E-state index contributed by atoms with van der Waals surface area (Å²) in [6.45, 7) is 1.56. The second-order valence-corrected chi connectivity index (χ2v) is 5.63. The van der Waals surface area contributed by atoms with Crippen LogP contribution in [0.5, 0.6) is 0 Å². The maximum atomic E-state index is 12.0. The largest absolute Gasteiger partial charge is 0.477 e. The van der Waals surface area contributed by atoms with Crippen LogP contribution >= 0.6 is 11.3 Å². The van der Waals surface area contributed by atoms with Crippen molar-refractivity contribution in [3.8, 4) is 0 Å². The molecule has 2 aliphatic rings. The first-order chi connectivity index (χ1) is 9.02. The van der Waals surface area contributed by atoms with Crippen LogP contribution in [0.3, 0.4) is 0 Å². The molecule has 1 saturated heterocycles. The molecule has 2 aliphatic heterocycles. The van der Waals surface area contributed by atoms with Gasteiger partial charge in [-0.1, -0.05) is 0 Å². The molecule has 0 aliphatic carbocycles. The number of thiazole rings is 1. The Balaban J connectivity index is 2.01. The van der Waals surface area contributed by atoms with Gasteiger partial charge in [-0.05, 0) is 13.3 Å². The summed E-state index contributed by atoms with van der Waals surface area (Å²) in [4.78, 5) is 29.4. The minimum atomic E-state index is -1.11. The molecule has 0 saturated carbocycles. The lowest BCUT2D eigenvalue weighted by Crippen LogP contribution is -2.61. The Morgan fingerprint density at radius 2 is 2.37 bits per heavy atom. The van der Waals surface area contributed by atoms with Gasteiger partial charge in [0.15, 0.2) is 0 Å². The Labute approximate surface area is 113 Å². The van der Waals surface area contributed by atoms with Crippen molar-refractivity contribution in [2.45, 2.75) is 25.5 Å². The molecule has 0 unspecified atom stereocenters. The molecule has 19 heavy (non-hydrogen) atoms. The van der Waals surface area contributed by atoms with Gasteiger partial charge >= 0.3 is 5.97 Å². The minimum absolute atomic E-state index is 0.0381. The number of rotatable bonds is 3. The van der Waals surface area contributed by atoms with Gasteiger partial charge < -0.3 is 15.1 Å². The highest BCUT2D eigenvalue weighted by Crippen LogP contribution is 2.47. The Hall–Kier alpha value is -1.73. The van der Waals surface area contributed by atoms with Gasteiger partial charge in [0, 0.05) is 11.8 Å². The van der Waals surface area contributed by atoms with Gasteiger partial charge in [-0.15, -0.1) is 11.3 Å². The first kappa shape index (κ1) is 12.3. The van der Waals surface area contributed by atoms with Crippen LogP contribution in [0, 0.1) is 5.92 Å². The number of carbonyl (C=O) groups is 2.